The number of hydrogen-bond acceptors (Lipinski definition) is 1. The fraction of sp³-hybridized carbons (Fsp3) is 0.583. The molecule has 1 aliphatic rings. The molecule has 0 aliphatic heterocycles. The molecule has 0 fully saturated rings. The van der Waals surface area contributed by atoms with Crippen molar-refractivity contribution in [2.75, 3.05) is 7.11 Å². The average Bonchev–Trinajstić information content (AvgIpc) is 2.19. The summed E-state index contributed by atoms with van der Waals surface area (Å²) < 4.78 is 5.04. The Labute approximate surface area is 81.2 Å². The number of methoxy groups -OCH3 is 1. The molecule has 0 bridgehead atoms. The zero-order valence-corrected chi connectivity index (χ0v) is 8.47. The van der Waals surface area contributed by atoms with Gasteiger partial charge in [-0.15, -0.1) is 0 Å². The fourth-order valence-corrected chi connectivity index (χ4v) is 1.29. The van der Waals surface area contributed by atoms with E-state index in [0.29, 0.717) is 0 Å². The third-order valence-electron chi connectivity index (χ3n) is 2.22. The molecular weight excluding hydrogens is 160 g/mol. The van der Waals surface area contributed by atoms with E-state index >= 15 is 0 Å². The van der Waals surface area contributed by atoms with Crippen molar-refractivity contribution in [1.82, 2.24) is 0 Å². The molecule has 0 saturated heterocycles. The number of ether oxygens (including phenoxy) is 1. The van der Waals surface area contributed by atoms with Crippen molar-refractivity contribution in [2.45, 2.75) is 38.7 Å². The summed E-state index contributed by atoms with van der Waals surface area (Å²) in [4.78, 5) is 0. The van der Waals surface area contributed by atoms with E-state index in [0.717, 1.165) is 12.8 Å². The molecule has 1 radical (unpaired) electrons. The van der Waals surface area contributed by atoms with Crippen LogP contribution in [0.1, 0.15) is 32.6 Å². The third-order valence-corrected chi connectivity index (χ3v) is 2.22. The Hall–Kier alpha value is -0.740. The Bertz CT molecular complexity index is 229. The van der Waals surface area contributed by atoms with Gasteiger partial charge in [-0.05, 0) is 32.6 Å². The predicted octanol–water partition coefficient (Wildman–Crippen LogP) is 2.73. The molecular formula is C12H17O. The Balaban J connectivity index is 2.30. The van der Waals surface area contributed by atoms with Crippen LogP contribution in [0.4, 0.5) is 0 Å². The quantitative estimate of drug-likeness (QED) is 0.465. The van der Waals surface area contributed by atoms with Gasteiger partial charge >= 0.3 is 0 Å². The summed E-state index contributed by atoms with van der Waals surface area (Å²) in [5, 5.41) is 0. The molecule has 0 N–H and O–H groups in total. The van der Waals surface area contributed by atoms with Gasteiger partial charge in [-0.3, -0.25) is 0 Å². The minimum absolute atomic E-state index is 0.0655. The monoisotopic (exact) mass is 177 g/mol. The highest BCUT2D eigenvalue weighted by Crippen LogP contribution is 2.18. The van der Waals surface area contributed by atoms with Gasteiger partial charge in [-0.25, -0.2) is 0 Å². The SMILES string of the molecule is COC(C)C#CCC1=CC[CH]CC1. The van der Waals surface area contributed by atoms with E-state index in [-0.39, 0.29) is 6.10 Å². The highest BCUT2D eigenvalue weighted by molar-refractivity contribution is 5.18. The highest BCUT2D eigenvalue weighted by atomic mass is 16.5. The summed E-state index contributed by atoms with van der Waals surface area (Å²) >= 11 is 0. The molecule has 0 aromatic carbocycles. The first kappa shape index (κ1) is 10.3. The van der Waals surface area contributed by atoms with E-state index in [1.807, 2.05) is 6.92 Å². The van der Waals surface area contributed by atoms with Gasteiger partial charge in [-0.1, -0.05) is 23.5 Å². The first-order valence-corrected chi connectivity index (χ1v) is 4.83. The minimum atomic E-state index is 0.0655. The van der Waals surface area contributed by atoms with Crippen molar-refractivity contribution in [3.8, 4) is 11.8 Å². The second-order valence-electron chi connectivity index (χ2n) is 3.30. The summed E-state index contributed by atoms with van der Waals surface area (Å²) in [6.07, 6.45) is 9.11. The van der Waals surface area contributed by atoms with Crippen LogP contribution in [-0.4, -0.2) is 13.2 Å². The molecule has 1 unspecified atom stereocenters. The molecule has 13 heavy (non-hydrogen) atoms. The molecule has 1 nitrogen and oxygen atoms in total. The van der Waals surface area contributed by atoms with Crippen LogP contribution >= 0.6 is 0 Å². The summed E-state index contributed by atoms with van der Waals surface area (Å²) in [5.74, 6) is 6.20. The van der Waals surface area contributed by atoms with Gasteiger partial charge in [0.05, 0.1) is 0 Å². The minimum Gasteiger partial charge on any atom is -0.369 e. The summed E-state index contributed by atoms with van der Waals surface area (Å²) in [6.45, 7) is 1.97. The molecule has 1 heteroatoms. The first-order chi connectivity index (χ1) is 6.33. The van der Waals surface area contributed by atoms with E-state index < -0.39 is 0 Å². The lowest BCUT2D eigenvalue weighted by atomic mass is 9.97. The van der Waals surface area contributed by atoms with E-state index in [2.05, 4.69) is 24.3 Å². The van der Waals surface area contributed by atoms with Crippen molar-refractivity contribution in [3.05, 3.63) is 18.1 Å². The second-order valence-corrected chi connectivity index (χ2v) is 3.30. The van der Waals surface area contributed by atoms with Crippen molar-refractivity contribution in [3.63, 3.8) is 0 Å². The average molecular weight is 177 g/mol. The Kier molecular flexibility index (Phi) is 4.64. The van der Waals surface area contributed by atoms with Crippen LogP contribution < -0.4 is 0 Å². The predicted molar refractivity (Wildman–Crippen MR) is 55.1 cm³/mol. The molecule has 0 amide bonds. The van der Waals surface area contributed by atoms with Crippen molar-refractivity contribution in [1.29, 1.82) is 0 Å². The normalized spacial score (nSPS) is 18.5. The van der Waals surface area contributed by atoms with Gasteiger partial charge in [0, 0.05) is 13.5 Å². The second kappa shape index (κ2) is 5.83. The lowest BCUT2D eigenvalue weighted by Gasteiger charge is -2.08. The largest absolute Gasteiger partial charge is 0.369 e. The third kappa shape index (κ3) is 4.15. The topological polar surface area (TPSA) is 9.23 Å². The van der Waals surface area contributed by atoms with E-state index in [4.69, 9.17) is 4.74 Å². The first-order valence-electron chi connectivity index (χ1n) is 4.83. The van der Waals surface area contributed by atoms with Gasteiger partial charge in [0.25, 0.3) is 0 Å². The summed E-state index contributed by atoms with van der Waals surface area (Å²) in [6, 6.07) is 0. The maximum absolute atomic E-state index is 5.04. The van der Waals surface area contributed by atoms with Crippen molar-refractivity contribution < 1.29 is 4.74 Å². The summed E-state index contributed by atoms with van der Waals surface area (Å²) in [7, 11) is 1.69. The number of rotatable bonds is 2. The van der Waals surface area contributed by atoms with Crippen molar-refractivity contribution >= 4 is 0 Å². The zero-order chi connectivity index (χ0) is 9.52. The molecule has 0 aromatic rings. The van der Waals surface area contributed by atoms with Crippen LogP contribution in [0.15, 0.2) is 11.6 Å². The number of hydrogen-bond donors (Lipinski definition) is 0. The molecule has 1 atom stereocenters. The van der Waals surface area contributed by atoms with E-state index in [1.54, 1.807) is 7.11 Å². The van der Waals surface area contributed by atoms with Crippen LogP contribution in [0.3, 0.4) is 0 Å². The van der Waals surface area contributed by atoms with Crippen LogP contribution in [0.5, 0.6) is 0 Å². The lowest BCUT2D eigenvalue weighted by Crippen LogP contribution is -1.99. The smallest absolute Gasteiger partial charge is 0.115 e. The fourth-order valence-electron chi connectivity index (χ4n) is 1.29. The molecule has 0 spiro atoms. The molecule has 0 heterocycles. The van der Waals surface area contributed by atoms with Crippen LogP contribution in [0.2, 0.25) is 0 Å². The molecule has 0 aromatic heterocycles. The Morgan fingerprint density at radius 1 is 1.62 bits per heavy atom. The number of allylic oxidation sites excluding steroid dienone is 2. The van der Waals surface area contributed by atoms with Crippen LogP contribution in [0, 0.1) is 18.3 Å². The van der Waals surface area contributed by atoms with E-state index in [1.165, 1.54) is 18.4 Å². The van der Waals surface area contributed by atoms with Gasteiger partial charge in [-0.2, -0.15) is 0 Å². The lowest BCUT2D eigenvalue weighted by molar-refractivity contribution is 0.163. The Morgan fingerprint density at radius 2 is 2.46 bits per heavy atom. The zero-order valence-electron chi connectivity index (χ0n) is 8.47. The summed E-state index contributed by atoms with van der Waals surface area (Å²) in [5.41, 5.74) is 1.48. The van der Waals surface area contributed by atoms with Gasteiger partial charge < -0.3 is 4.74 Å². The van der Waals surface area contributed by atoms with Crippen molar-refractivity contribution in [2.24, 2.45) is 0 Å². The Morgan fingerprint density at radius 3 is 3.08 bits per heavy atom. The van der Waals surface area contributed by atoms with E-state index in [9.17, 15) is 0 Å². The standard InChI is InChI=1S/C12H17O/c1-11(13-2)7-6-10-12-8-4-3-5-9-12/h3,8,11H,4-5,9-10H2,1-2H3. The van der Waals surface area contributed by atoms with Gasteiger partial charge in [0.15, 0.2) is 0 Å². The highest BCUT2D eigenvalue weighted by Gasteiger charge is 2.01. The molecule has 0 saturated carbocycles. The van der Waals surface area contributed by atoms with Gasteiger partial charge in [0.1, 0.15) is 6.10 Å². The van der Waals surface area contributed by atoms with Gasteiger partial charge in [0.2, 0.25) is 0 Å². The maximum atomic E-state index is 5.04. The van der Waals surface area contributed by atoms with Crippen LogP contribution in [-0.2, 0) is 4.74 Å². The maximum Gasteiger partial charge on any atom is 0.115 e. The van der Waals surface area contributed by atoms with Crippen LogP contribution in [0.25, 0.3) is 0 Å². The molecule has 71 valence electrons. The molecule has 1 aliphatic carbocycles. The molecule has 1 rings (SSSR count).